The summed E-state index contributed by atoms with van der Waals surface area (Å²) >= 11 is 0. The van der Waals surface area contributed by atoms with Gasteiger partial charge in [0, 0.05) is 6.54 Å². The van der Waals surface area contributed by atoms with Gasteiger partial charge in [-0.1, -0.05) is 0 Å². The summed E-state index contributed by atoms with van der Waals surface area (Å²) in [7, 11) is 0. The van der Waals surface area contributed by atoms with Gasteiger partial charge in [-0.3, -0.25) is 4.79 Å². The number of hydrogen-bond donors (Lipinski definition) is 1. The second-order valence-electron chi connectivity index (χ2n) is 5.19. The highest BCUT2D eigenvalue weighted by molar-refractivity contribution is 5.82. The number of nitrogens with one attached hydrogen (secondary N) is 1. The highest BCUT2D eigenvalue weighted by Gasteiger charge is 2.64. The van der Waals surface area contributed by atoms with Gasteiger partial charge in [-0.25, -0.2) is 0 Å². The van der Waals surface area contributed by atoms with Crippen molar-refractivity contribution in [2.45, 2.75) is 32.8 Å². The van der Waals surface area contributed by atoms with Crippen LogP contribution in [0, 0.1) is 11.3 Å². The summed E-state index contributed by atoms with van der Waals surface area (Å²) in [5, 5.41) is 3.23. The average Bonchev–Trinajstić information content (AvgIpc) is 2.52. The quantitative estimate of drug-likeness (QED) is 0.615. The highest BCUT2D eigenvalue weighted by atomic mass is 16.6. The first-order valence-electron chi connectivity index (χ1n) is 4.88. The molecule has 2 aliphatic rings. The summed E-state index contributed by atoms with van der Waals surface area (Å²) in [4.78, 5) is 11.8. The van der Waals surface area contributed by atoms with Crippen LogP contribution in [0.1, 0.15) is 27.2 Å². The van der Waals surface area contributed by atoms with E-state index < -0.39 is 0 Å². The monoisotopic (exact) mass is 183 g/mol. The Morgan fingerprint density at radius 1 is 1.54 bits per heavy atom. The molecule has 0 spiro atoms. The second kappa shape index (κ2) is 2.47. The molecule has 0 amide bonds. The van der Waals surface area contributed by atoms with Crippen molar-refractivity contribution in [2.24, 2.45) is 11.3 Å². The van der Waals surface area contributed by atoms with Gasteiger partial charge in [-0.2, -0.15) is 0 Å². The van der Waals surface area contributed by atoms with Crippen LogP contribution < -0.4 is 5.32 Å². The molecule has 0 bridgehead atoms. The molecule has 0 radical (unpaired) electrons. The van der Waals surface area contributed by atoms with Crippen molar-refractivity contribution in [3.8, 4) is 0 Å². The van der Waals surface area contributed by atoms with E-state index in [1.165, 1.54) is 0 Å². The Bertz CT molecular complexity index is 244. The van der Waals surface area contributed by atoms with E-state index in [2.05, 4.69) is 5.32 Å². The van der Waals surface area contributed by atoms with Gasteiger partial charge in [-0.05, 0) is 39.7 Å². The van der Waals surface area contributed by atoms with Crippen LogP contribution in [-0.4, -0.2) is 24.7 Å². The first kappa shape index (κ1) is 9.00. The zero-order chi connectivity index (χ0) is 9.69. The number of carbonyl (C=O) groups is 1. The number of carbonyl (C=O) groups excluding carboxylic acids is 1. The van der Waals surface area contributed by atoms with E-state index in [1.54, 1.807) is 0 Å². The molecule has 1 saturated carbocycles. The molecule has 74 valence electrons. The maximum absolute atomic E-state index is 11.8. The molecule has 3 nitrogen and oxygen atoms in total. The molecule has 13 heavy (non-hydrogen) atoms. The van der Waals surface area contributed by atoms with Crippen LogP contribution in [-0.2, 0) is 9.53 Å². The standard InChI is InChI=1S/C10H17NO2/c1-9(2,3)13-8(12)10-4-7(10)5-11-6-10/h7,11H,4-6H2,1-3H3/t7-,10-/m0/s1. The minimum Gasteiger partial charge on any atom is -0.459 e. The van der Waals surface area contributed by atoms with Crippen molar-refractivity contribution >= 4 is 5.97 Å². The van der Waals surface area contributed by atoms with Crippen LogP contribution in [0.25, 0.3) is 0 Å². The van der Waals surface area contributed by atoms with E-state index in [4.69, 9.17) is 4.74 Å². The fourth-order valence-electron chi connectivity index (χ4n) is 2.04. The molecule has 1 heterocycles. The molecule has 2 rings (SSSR count). The van der Waals surface area contributed by atoms with Gasteiger partial charge in [0.05, 0.1) is 5.41 Å². The molecule has 1 N–H and O–H groups in total. The Morgan fingerprint density at radius 3 is 2.62 bits per heavy atom. The van der Waals surface area contributed by atoms with E-state index in [-0.39, 0.29) is 17.0 Å². The molecule has 1 saturated heterocycles. The van der Waals surface area contributed by atoms with E-state index in [1.807, 2.05) is 20.8 Å². The fraction of sp³-hybridized carbons (Fsp3) is 0.900. The molecular formula is C10H17NO2. The Balaban J connectivity index is 1.99. The number of rotatable bonds is 1. The Morgan fingerprint density at radius 2 is 2.23 bits per heavy atom. The van der Waals surface area contributed by atoms with Gasteiger partial charge in [0.15, 0.2) is 0 Å². The lowest BCUT2D eigenvalue weighted by Crippen LogP contribution is -2.32. The normalized spacial score (nSPS) is 37.0. The third kappa shape index (κ3) is 1.46. The maximum Gasteiger partial charge on any atom is 0.314 e. The zero-order valence-electron chi connectivity index (χ0n) is 8.52. The predicted molar refractivity (Wildman–Crippen MR) is 49.3 cm³/mol. The van der Waals surface area contributed by atoms with Gasteiger partial charge < -0.3 is 10.1 Å². The number of esters is 1. The summed E-state index contributed by atoms with van der Waals surface area (Å²) in [6, 6.07) is 0. The molecule has 0 aromatic rings. The molecule has 2 atom stereocenters. The van der Waals surface area contributed by atoms with Gasteiger partial charge >= 0.3 is 5.97 Å². The summed E-state index contributed by atoms with van der Waals surface area (Å²) < 4.78 is 5.39. The number of ether oxygens (including phenoxy) is 1. The third-order valence-corrected chi connectivity index (χ3v) is 2.87. The largest absolute Gasteiger partial charge is 0.459 e. The van der Waals surface area contributed by atoms with Gasteiger partial charge in [0.25, 0.3) is 0 Å². The maximum atomic E-state index is 11.8. The molecular weight excluding hydrogens is 166 g/mol. The number of fused-ring (bicyclic) bond motifs is 1. The summed E-state index contributed by atoms with van der Waals surface area (Å²) in [6.45, 7) is 7.55. The Kier molecular flexibility index (Phi) is 1.71. The first-order chi connectivity index (χ1) is 5.94. The third-order valence-electron chi connectivity index (χ3n) is 2.87. The van der Waals surface area contributed by atoms with Crippen LogP contribution in [0.4, 0.5) is 0 Å². The van der Waals surface area contributed by atoms with E-state index >= 15 is 0 Å². The molecule has 1 aliphatic carbocycles. The summed E-state index contributed by atoms with van der Waals surface area (Å²) in [5.41, 5.74) is -0.491. The number of hydrogen-bond acceptors (Lipinski definition) is 3. The zero-order valence-corrected chi connectivity index (χ0v) is 8.52. The van der Waals surface area contributed by atoms with Crippen LogP contribution in [0.5, 0.6) is 0 Å². The smallest absolute Gasteiger partial charge is 0.314 e. The van der Waals surface area contributed by atoms with Crippen LogP contribution in [0.2, 0.25) is 0 Å². The average molecular weight is 183 g/mol. The lowest BCUT2D eigenvalue weighted by Gasteiger charge is -2.22. The lowest BCUT2D eigenvalue weighted by atomic mass is 10.1. The minimum atomic E-state index is -0.346. The molecule has 1 aliphatic heterocycles. The van der Waals surface area contributed by atoms with E-state index in [9.17, 15) is 4.79 Å². The van der Waals surface area contributed by atoms with Crippen molar-refractivity contribution in [3.05, 3.63) is 0 Å². The molecule has 0 aromatic heterocycles. The molecule has 0 unspecified atom stereocenters. The van der Waals surface area contributed by atoms with Crippen molar-refractivity contribution in [2.75, 3.05) is 13.1 Å². The Hall–Kier alpha value is -0.570. The molecule has 0 aromatic carbocycles. The van der Waals surface area contributed by atoms with Crippen molar-refractivity contribution in [1.29, 1.82) is 0 Å². The fourth-order valence-corrected chi connectivity index (χ4v) is 2.04. The minimum absolute atomic E-state index is 0.00463. The molecule has 3 heteroatoms. The first-order valence-corrected chi connectivity index (χ1v) is 4.88. The lowest BCUT2D eigenvalue weighted by molar-refractivity contribution is -0.161. The summed E-state index contributed by atoms with van der Waals surface area (Å²) in [5.74, 6) is 0.539. The van der Waals surface area contributed by atoms with Gasteiger partial charge in [0.2, 0.25) is 0 Å². The van der Waals surface area contributed by atoms with Crippen LogP contribution >= 0.6 is 0 Å². The van der Waals surface area contributed by atoms with Crippen molar-refractivity contribution in [3.63, 3.8) is 0 Å². The van der Waals surface area contributed by atoms with Crippen LogP contribution in [0.15, 0.2) is 0 Å². The van der Waals surface area contributed by atoms with Gasteiger partial charge in [-0.15, -0.1) is 0 Å². The second-order valence-corrected chi connectivity index (χ2v) is 5.19. The van der Waals surface area contributed by atoms with Crippen molar-refractivity contribution in [1.82, 2.24) is 5.32 Å². The van der Waals surface area contributed by atoms with Crippen LogP contribution in [0.3, 0.4) is 0 Å². The molecule has 2 fully saturated rings. The highest BCUT2D eigenvalue weighted by Crippen LogP contribution is 2.56. The van der Waals surface area contributed by atoms with Gasteiger partial charge in [0.1, 0.15) is 5.60 Å². The predicted octanol–water partition coefficient (Wildman–Crippen LogP) is 0.938. The van der Waals surface area contributed by atoms with E-state index in [0.29, 0.717) is 5.92 Å². The SMILES string of the molecule is CC(C)(C)OC(=O)[C@@]12CNC[C@@H]1C2. The number of piperidine rings is 1. The summed E-state index contributed by atoms with van der Waals surface area (Å²) in [6.07, 6.45) is 1.02. The Labute approximate surface area is 78.8 Å². The topological polar surface area (TPSA) is 38.3 Å². The van der Waals surface area contributed by atoms with Crippen molar-refractivity contribution < 1.29 is 9.53 Å². The van der Waals surface area contributed by atoms with E-state index in [0.717, 1.165) is 19.5 Å².